The van der Waals surface area contributed by atoms with Gasteiger partial charge in [0.05, 0.1) is 6.42 Å². The Hall–Kier alpha value is -4.47. The standard InChI is InChI=1S/2C12H7FN3.C5H8O2.Ir/c2*13-9-5-1-4-8-12(9)16-14-10-6-2-3-7-11(10)15-16;1-4(6)3-5(2)7;/h2*1-7H;3H2,1-2H3;/q2*-1;;+3. The van der Waals surface area contributed by atoms with Crippen LogP contribution in [0, 0.1) is 23.8 Å². The summed E-state index contributed by atoms with van der Waals surface area (Å²) in [5.74, 6) is -0.898. The van der Waals surface area contributed by atoms with Crippen molar-refractivity contribution in [1.82, 2.24) is 30.0 Å². The smallest absolute Gasteiger partial charge is 0.300 e. The summed E-state index contributed by atoms with van der Waals surface area (Å²) < 4.78 is 26.9. The van der Waals surface area contributed by atoms with E-state index in [9.17, 15) is 18.4 Å². The number of nitrogens with zero attached hydrogens (tertiary/aromatic N) is 6. The molecule has 0 amide bonds. The third-order valence-corrected chi connectivity index (χ3v) is 5.04. The molecule has 0 N–H and O–H groups in total. The number of rotatable bonds is 4. The molecule has 8 nitrogen and oxygen atoms in total. The first kappa shape index (κ1) is 30.1. The Labute approximate surface area is 242 Å². The number of hydrogen-bond donors (Lipinski definition) is 0. The second-order valence-corrected chi connectivity index (χ2v) is 8.27. The van der Waals surface area contributed by atoms with Gasteiger partial charge in [0, 0.05) is 23.0 Å². The quantitative estimate of drug-likeness (QED) is 0.182. The average molecular weight is 717 g/mol. The molecule has 202 valence electrons. The topological polar surface area (TPSA) is 95.6 Å². The number of hydrogen-bond acceptors (Lipinski definition) is 6. The van der Waals surface area contributed by atoms with Gasteiger partial charge in [0.15, 0.2) is 0 Å². The summed E-state index contributed by atoms with van der Waals surface area (Å²) in [4.78, 5) is 22.6. The van der Waals surface area contributed by atoms with Crippen molar-refractivity contribution < 1.29 is 38.5 Å². The number of carbonyl (C=O) groups excluding carboxylic acids is 2. The van der Waals surface area contributed by atoms with Crippen molar-refractivity contribution in [1.29, 1.82) is 0 Å². The summed E-state index contributed by atoms with van der Waals surface area (Å²) in [6.45, 7) is 2.81. The van der Waals surface area contributed by atoms with Gasteiger partial charge >= 0.3 is 20.1 Å². The van der Waals surface area contributed by atoms with Crippen molar-refractivity contribution in [2.24, 2.45) is 0 Å². The normalized spacial score (nSPS) is 10.1. The van der Waals surface area contributed by atoms with Gasteiger partial charge in [-0.05, 0) is 38.1 Å². The minimum Gasteiger partial charge on any atom is -0.300 e. The SMILES string of the molecule is CC(=O)CC(C)=O.Fc1ccc[c-]c1-n1nc2ccccc2n1.Fc1ccc[c-]c1-n1nc2ccccc2n1.[Ir+3]. The number of aromatic nitrogens is 6. The molecule has 0 bridgehead atoms. The molecule has 0 aliphatic rings. The summed E-state index contributed by atoms with van der Waals surface area (Å²) >= 11 is 0. The molecular formula is C29H22F2IrN6O2+. The largest absolute Gasteiger partial charge is 3.00 e. The zero-order valence-electron chi connectivity index (χ0n) is 21.4. The second-order valence-electron chi connectivity index (χ2n) is 8.27. The predicted octanol–water partition coefficient (Wildman–Crippen LogP) is 5.27. The first-order valence-corrected chi connectivity index (χ1v) is 11.8. The number of fused-ring (bicyclic) bond motifs is 2. The van der Waals surface area contributed by atoms with E-state index < -0.39 is 0 Å². The fourth-order valence-electron chi connectivity index (χ4n) is 3.39. The molecule has 2 heterocycles. The van der Waals surface area contributed by atoms with Gasteiger partial charge in [-0.3, -0.25) is 18.4 Å². The third-order valence-electron chi connectivity index (χ3n) is 5.04. The molecule has 0 spiro atoms. The van der Waals surface area contributed by atoms with E-state index in [0.717, 1.165) is 22.1 Å². The zero-order chi connectivity index (χ0) is 27.8. The van der Waals surface area contributed by atoms with Crippen LogP contribution in [-0.2, 0) is 29.7 Å². The molecule has 0 aliphatic heterocycles. The Kier molecular flexibility index (Phi) is 10.6. The molecule has 0 saturated carbocycles. The zero-order valence-corrected chi connectivity index (χ0v) is 23.8. The van der Waals surface area contributed by atoms with E-state index in [0.29, 0.717) is 0 Å². The monoisotopic (exact) mass is 717 g/mol. The van der Waals surface area contributed by atoms with Crippen LogP contribution in [0.4, 0.5) is 8.78 Å². The van der Waals surface area contributed by atoms with E-state index in [-0.39, 0.29) is 61.1 Å². The van der Waals surface area contributed by atoms with Crippen molar-refractivity contribution >= 4 is 33.6 Å². The fraction of sp³-hybridized carbons (Fsp3) is 0.103. The van der Waals surface area contributed by atoms with E-state index in [1.54, 1.807) is 24.3 Å². The van der Waals surface area contributed by atoms with Gasteiger partial charge < -0.3 is 0 Å². The van der Waals surface area contributed by atoms with Crippen LogP contribution in [0.15, 0.2) is 84.9 Å². The first-order valence-electron chi connectivity index (χ1n) is 11.8. The van der Waals surface area contributed by atoms with E-state index in [1.807, 2.05) is 48.5 Å². The molecule has 11 heteroatoms. The molecule has 6 aromatic rings. The Morgan fingerprint density at radius 3 is 1.20 bits per heavy atom. The van der Waals surface area contributed by atoms with Crippen LogP contribution < -0.4 is 0 Å². The summed E-state index contributed by atoms with van der Waals surface area (Å²) in [5, 5.41) is 16.7. The van der Waals surface area contributed by atoms with Gasteiger partial charge in [-0.2, -0.15) is 66.4 Å². The van der Waals surface area contributed by atoms with Crippen LogP contribution in [0.2, 0.25) is 0 Å². The second kappa shape index (κ2) is 14.1. The summed E-state index contributed by atoms with van der Waals surface area (Å²) in [6.07, 6.45) is 0.0833. The van der Waals surface area contributed by atoms with Crippen LogP contribution in [-0.4, -0.2) is 41.6 Å². The predicted molar refractivity (Wildman–Crippen MR) is 141 cm³/mol. The Morgan fingerprint density at radius 1 is 0.625 bits per heavy atom. The minimum absolute atomic E-state index is 0. The number of para-hydroxylation sites is 2. The van der Waals surface area contributed by atoms with Gasteiger partial charge in [0.1, 0.15) is 33.6 Å². The Bertz CT molecular complexity index is 1560. The van der Waals surface area contributed by atoms with E-state index in [4.69, 9.17) is 0 Å². The first-order chi connectivity index (χ1) is 18.8. The summed E-state index contributed by atoms with van der Waals surface area (Å²) in [6, 6.07) is 29.5. The summed E-state index contributed by atoms with van der Waals surface area (Å²) in [7, 11) is 0. The molecule has 2 aromatic heterocycles. The van der Waals surface area contributed by atoms with E-state index >= 15 is 0 Å². The molecule has 0 saturated heterocycles. The van der Waals surface area contributed by atoms with Crippen molar-refractivity contribution in [3.63, 3.8) is 0 Å². The molecule has 0 atom stereocenters. The van der Waals surface area contributed by atoms with Crippen molar-refractivity contribution in [3.05, 3.63) is 109 Å². The molecular weight excluding hydrogens is 695 g/mol. The number of ketones is 2. The van der Waals surface area contributed by atoms with Gasteiger partial charge in [-0.15, -0.1) is 12.1 Å². The van der Waals surface area contributed by atoms with E-state index in [1.165, 1.54) is 35.6 Å². The Balaban J connectivity index is 0.000000177. The molecule has 0 radical (unpaired) electrons. The maximum absolute atomic E-state index is 13.5. The van der Waals surface area contributed by atoms with Crippen molar-refractivity contribution in [2.45, 2.75) is 20.3 Å². The number of Topliss-reactive ketones (excluding diaryl/α,β-unsaturated/α-hetero) is 2. The fourth-order valence-corrected chi connectivity index (χ4v) is 3.39. The molecule has 6 rings (SSSR count). The van der Waals surface area contributed by atoms with Gasteiger partial charge in [0.2, 0.25) is 0 Å². The summed E-state index contributed by atoms with van der Waals surface area (Å²) in [5.41, 5.74) is 3.41. The van der Waals surface area contributed by atoms with Crippen molar-refractivity contribution in [3.8, 4) is 11.4 Å². The number of halogens is 2. The molecule has 0 aliphatic carbocycles. The third kappa shape index (κ3) is 7.78. The average Bonchev–Trinajstić information content (AvgIpc) is 3.53. The maximum Gasteiger partial charge on any atom is 3.00 e. The Morgan fingerprint density at radius 2 is 0.950 bits per heavy atom. The van der Waals surface area contributed by atoms with Crippen LogP contribution in [0.5, 0.6) is 0 Å². The van der Waals surface area contributed by atoms with Crippen molar-refractivity contribution in [2.75, 3.05) is 0 Å². The van der Waals surface area contributed by atoms with Crippen LogP contribution >= 0.6 is 0 Å². The molecule has 40 heavy (non-hydrogen) atoms. The molecule has 0 unspecified atom stereocenters. The van der Waals surface area contributed by atoms with E-state index in [2.05, 4.69) is 32.5 Å². The maximum atomic E-state index is 13.5. The molecule has 0 fully saturated rings. The number of benzene rings is 4. The van der Waals surface area contributed by atoms with Gasteiger partial charge in [-0.1, -0.05) is 24.3 Å². The molecule has 4 aromatic carbocycles. The van der Waals surface area contributed by atoms with Gasteiger partial charge in [0.25, 0.3) is 0 Å². The minimum atomic E-state index is -0.386. The number of carbonyl (C=O) groups is 2. The van der Waals surface area contributed by atoms with Gasteiger partial charge in [-0.25, -0.2) is 0 Å². The van der Waals surface area contributed by atoms with Crippen LogP contribution in [0.3, 0.4) is 0 Å². The van der Waals surface area contributed by atoms with Crippen LogP contribution in [0.25, 0.3) is 33.4 Å². The van der Waals surface area contributed by atoms with Crippen LogP contribution in [0.1, 0.15) is 20.3 Å².